The molecular formula is C26H23BrF6NO2PS. The summed E-state index contributed by atoms with van der Waals surface area (Å²) in [6, 6.07) is 14.5. The number of amides is 1. The quantitative estimate of drug-likeness (QED) is 0.121. The summed E-state index contributed by atoms with van der Waals surface area (Å²) in [6.07, 6.45) is -9.29. The standard InChI is InChI=1S/C26H23BrF6NO2PS/c1-24(2,23(35)34-15-16-38-22-6-4-3-5-21(22)27)37(36,19-11-7-17(8-12-19)25(28,29)30)20-13-9-18(10-14-20)26(31,32)33/h3-14H,15-16H2,1-2H3,(H,34,35). The van der Waals surface area contributed by atoms with E-state index in [2.05, 4.69) is 21.2 Å². The third-order valence-corrected chi connectivity index (χ3v) is 11.8. The topological polar surface area (TPSA) is 46.2 Å². The van der Waals surface area contributed by atoms with Crippen LogP contribution in [-0.2, 0) is 21.7 Å². The average Bonchev–Trinajstić information content (AvgIpc) is 2.86. The molecule has 3 nitrogen and oxygen atoms in total. The molecule has 0 radical (unpaired) electrons. The predicted octanol–water partition coefficient (Wildman–Crippen LogP) is 7.49. The van der Waals surface area contributed by atoms with Gasteiger partial charge in [0.25, 0.3) is 0 Å². The number of nitrogens with one attached hydrogen (secondary N) is 1. The molecule has 0 spiro atoms. The fourth-order valence-electron chi connectivity index (χ4n) is 3.76. The van der Waals surface area contributed by atoms with E-state index in [0.717, 1.165) is 57.9 Å². The molecule has 1 amide bonds. The van der Waals surface area contributed by atoms with Crippen LogP contribution in [0.1, 0.15) is 25.0 Å². The number of rotatable bonds is 8. The van der Waals surface area contributed by atoms with Crippen molar-refractivity contribution in [2.45, 2.75) is 36.3 Å². The summed E-state index contributed by atoms with van der Waals surface area (Å²) in [6.45, 7) is 2.94. The van der Waals surface area contributed by atoms with Crippen LogP contribution in [0.4, 0.5) is 26.3 Å². The molecule has 12 heteroatoms. The van der Waals surface area contributed by atoms with Crippen LogP contribution in [0.25, 0.3) is 0 Å². The van der Waals surface area contributed by atoms with Gasteiger partial charge in [-0.15, -0.1) is 11.8 Å². The number of halogens is 7. The lowest BCUT2D eigenvalue weighted by Gasteiger charge is -2.34. The van der Waals surface area contributed by atoms with Gasteiger partial charge in [-0.1, -0.05) is 36.4 Å². The van der Waals surface area contributed by atoms with E-state index in [-0.39, 0.29) is 17.2 Å². The van der Waals surface area contributed by atoms with Crippen molar-refractivity contribution >= 4 is 51.3 Å². The number of carbonyl (C=O) groups is 1. The minimum absolute atomic E-state index is 0.0759. The number of carbonyl (C=O) groups excluding carboxylic acids is 1. The first kappa shape index (κ1) is 30.3. The molecule has 0 heterocycles. The van der Waals surface area contributed by atoms with Gasteiger partial charge in [-0.2, -0.15) is 26.3 Å². The second-order valence-corrected chi connectivity index (χ2v) is 14.2. The summed E-state index contributed by atoms with van der Waals surface area (Å²) in [4.78, 5) is 14.3. The van der Waals surface area contributed by atoms with Crippen molar-refractivity contribution in [3.63, 3.8) is 0 Å². The van der Waals surface area contributed by atoms with Crippen molar-refractivity contribution in [1.29, 1.82) is 0 Å². The van der Waals surface area contributed by atoms with Gasteiger partial charge in [0.15, 0.2) is 7.14 Å². The van der Waals surface area contributed by atoms with Gasteiger partial charge >= 0.3 is 12.4 Å². The Labute approximate surface area is 228 Å². The largest absolute Gasteiger partial charge is 0.416 e. The molecule has 3 aromatic carbocycles. The Bertz CT molecular complexity index is 1260. The highest BCUT2D eigenvalue weighted by Gasteiger charge is 2.49. The van der Waals surface area contributed by atoms with Crippen LogP contribution in [0.15, 0.2) is 82.2 Å². The molecule has 0 fully saturated rings. The molecule has 38 heavy (non-hydrogen) atoms. The van der Waals surface area contributed by atoms with Gasteiger partial charge in [0, 0.05) is 32.3 Å². The van der Waals surface area contributed by atoms with Crippen molar-refractivity contribution in [3.05, 3.63) is 88.4 Å². The Balaban J connectivity index is 1.94. The zero-order valence-electron chi connectivity index (χ0n) is 20.2. The van der Waals surface area contributed by atoms with Gasteiger partial charge in [0.2, 0.25) is 5.91 Å². The Hall–Kier alpha value is -2.23. The molecule has 3 aromatic rings. The fraction of sp³-hybridized carbons (Fsp3) is 0.269. The normalized spacial score (nSPS) is 12.9. The molecule has 0 aromatic heterocycles. The van der Waals surface area contributed by atoms with Crippen molar-refractivity contribution in [1.82, 2.24) is 5.32 Å². The van der Waals surface area contributed by atoms with Crippen molar-refractivity contribution in [3.8, 4) is 0 Å². The van der Waals surface area contributed by atoms with E-state index in [1.807, 2.05) is 24.3 Å². The molecular weight excluding hydrogens is 615 g/mol. The van der Waals surface area contributed by atoms with Crippen LogP contribution in [-0.4, -0.2) is 23.4 Å². The third-order valence-electron chi connectivity index (χ3n) is 5.94. The van der Waals surface area contributed by atoms with E-state index < -0.39 is 41.7 Å². The average molecular weight is 638 g/mol. The molecule has 0 unspecified atom stereocenters. The SMILES string of the molecule is CC(C)(C(=O)NCCSc1ccccc1Br)P(=O)(c1ccc(C(F)(F)F)cc1)c1ccc(C(F)(F)F)cc1. The first-order chi connectivity index (χ1) is 17.6. The molecule has 0 bridgehead atoms. The van der Waals surface area contributed by atoms with Crippen LogP contribution >= 0.6 is 34.8 Å². The lowest BCUT2D eigenvalue weighted by molar-refractivity contribution is -0.138. The van der Waals surface area contributed by atoms with E-state index in [9.17, 15) is 35.7 Å². The van der Waals surface area contributed by atoms with Gasteiger partial charge in [-0.05, 0) is 66.2 Å². The lowest BCUT2D eigenvalue weighted by atomic mass is 10.2. The monoisotopic (exact) mass is 637 g/mol. The van der Waals surface area contributed by atoms with Crippen molar-refractivity contribution in [2.24, 2.45) is 0 Å². The van der Waals surface area contributed by atoms with Crippen LogP contribution in [0.3, 0.4) is 0 Å². The molecule has 0 saturated carbocycles. The number of hydrogen-bond donors (Lipinski definition) is 1. The van der Waals surface area contributed by atoms with Gasteiger partial charge in [0.1, 0.15) is 5.16 Å². The van der Waals surface area contributed by atoms with Crippen molar-refractivity contribution in [2.75, 3.05) is 12.3 Å². The van der Waals surface area contributed by atoms with E-state index in [1.54, 1.807) is 0 Å². The van der Waals surface area contributed by atoms with E-state index in [4.69, 9.17) is 0 Å². The van der Waals surface area contributed by atoms with Gasteiger partial charge in [-0.25, -0.2) is 0 Å². The van der Waals surface area contributed by atoms with E-state index in [0.29, 0.717) is 5.75 Å². The zero-order chi connectivity index (χ0) is 28.4. The molecule has 204 valence electrons. The maximum atomic E-state index is 14.7. The number of benzene rings is 3. The molecule has 1 N–H and O–H groups in total. The Morgan fingerprint density at radius 2 is 1.26 bits per heavy atom. The molecule has 0 saturated heterocycles. The second kappa shape index (κ2) is 11.5. The Kier molecular flexibility index (Phi) is 9.16. The highest BCUT2D eigenvalue weighted by Crippen LogP contribution is 2.56. The summed E-state index contributed by atoms with van der Waals surface area (Å²) >= 11 is 4.90. The van der Waals surface area contributed by atoms with E-state index >= 15 is 0 Å². The predicted molar refractivity (Wildman–Crippen MR) is 142 cm³/mol. The Morgan fingerprint density at radius 3 is 1.68 bits per heavy atom. The van der Waals surface area contributed by atoms with Gasteiger partial charge in [0.05, 0.1) is 11.1 Å². The smallest absolute Gasteiger partial charge is 0.354 e. The van der Waals surface area contributed by atoms with Crippen LogP contribution in [0, 0.1) is 0 Å². The first-order valence-corrected chi connectivity index (χ1v) is 14.7. The van der Waals surface area contributed by atoms with Gasteiger partial charge < -0.3 is 9.88 Å². The molecule has 0 aliphatic rings. The molecule has 0 atom stereocenters. The molecule has 0 aliphatic carbocycles. The van der Waals surface area contributed by atoms with Crippen LogP contribution in [0.2, 0.25) is 0 Å². The third kappa shape index (κ3) is 6.49. The maximum Gasteiger partial charge on any atom is 0.416 e. The number of hydrogen-bond acceptors (Lipinski definition) is 3. The van der Waals surface area contributed by atoms with Crippen LogP contribution < -0.4 is 15.9 Å². The van der Waals surface area contributed by atoms with Gasteiger partial charge in [-0.3, -0.25) is 4.79 Å². The summed E-state index contributed by atoms with van der Waals surface area (Å²) in [5.41, 5.74) is -1.96. The minimum Gasteiger partial charge on any atom is -0.354 e. The van der Waals surface area contributed by atoms with Crippen LogP contribution in [0.5, 0.6) is 0 Å². The van der Waals surface area contributed by atoms with E-state index in [1.165, 1.54) is 25.6 Å². The first-order valence-electron chi connectivity index (χ1n) is 11.2. The number of alkyl halides is 6. The summed E-state index contributed by atoms with van der Waals surface area (Å²) in [5, 5.41) is 0.866. The fourth-order valence-corrected chi connectivity index (χ4v) is 8.29. The zero-order valence-corrected chi connectivity index (χ0v) is 23.5. The summed E-state index contributed by atoms with van der Waals surface area (Å²) in [5.74, 6) is -0.177. The highest BCUT2D eigenvalue weighted by molar-refractivity contribution is 9.10. The summed E-state index contributed by atoms with van der Waals surface area (Å²) in [7, 11) is -4.10. The highest BCUT2D eigenvalue weighted by atomic mass is 79.9. The second-order valence-electron chi connectivity index (χ2n) is 8.79. The van der Waals surface area contributed by atoms with Crippen molar-refractivity contribution < 1.29 is 35.7 Å². The summed E-state index contributed by atoms with van der Waals surface area (Å²) < 4.78 is 94.3. The maximum absolute atomic E-state index is 14.7. The molecule has 0 aliphatic heterocycles. The minimum atomic E-state index is -4.64. The lowest BCUT2D eigenvalue weighted by Crippen LogP contribution is -2.47. The molecule has 3 rings (SSSR count). The Morgan fingerprint density at radius 1 is 0.816 bits per heavy atom. The number of thioether (sulfide) groups is 1.